The number of nitrogens with zero attached hydrogens (tertiary/aromatic N) is 5. The highest BCUT2D eigenvalue weighted by atomic mass is 35.5. The van der Waals surface area contributed by atoms with Gasteiger partial charge in [0.05, 0.1) is 18.1 Å². The van der Waals surface area contributed by atoms with Gasteiger partial charge in [-0.25, -0.2) is 14.0 Å². The van der Waals surface area contributed by atoms with Gasteiger partial charge in [-0.1, -0.05) is 23.7 Å². The van der Waals surface area contributed by atoms with Crippen LogP contribution >= 0.6 is 11.6 Å². The molecular weight excluding hydrogens is 368 g/mol. The number of amides is 1. The number of likely N-dealkylation sites (N-methyl/N-ethyl adjacent to an activating group) is 1. The zero-order valence-electron chi connectivity index (χ0n) is 15.1. The molecule has 0 radical (unpaired) electrons. The largest absolute Gasteiger partial charge is 0.384 e. The van der Waals surface area contributed by atoms with E-state index in [-0.39, 0.29) is 18.0 Å². The highest BCUT2D eigenvalue weighted by Crippen LogP contribution is 2.16. The van der Waals surface area contributed by atoms with Crippen LogP contribution in [0.1, 0.15) is 5.56 Å². The first-order valence-electron chi connectivity index (χ1n) is 8.33. The quantitative estimate of drug-likeness (QED) is 0.608. The normalized spacial score (nSPS) is 11.3. The molecule has 3 rings (SSSR count). The predicted molar refractivity (Wildman–Crippen MR) is 103 cm³/mol. The smallest absolute Gasteiger partial charge is 0.330 e. The number of carbonyl (C=O) groups excluding carboxylic acids is 1. The van der Waals surface area contributed by atoms with E-state index < -0.39 is 6.03 Å². The van der Waals surface area contributed by atoms with Gasteiger partial charge in [0.25, 0.3) is 0 Å². The van der Waals surface area contributed by atoms with Crippen LogP contribution in [0.2, 0.25) is 5.02 Å². The molecule has 2 heterocycles. The molecule has 0 unspecified atom stereocenters. The van der Waals surface area contributed by atoms with Gasteiger partial charge >= 0.3 is 6.03 Å². The molecule has 27 heavy (non-hydrogen) atoms. The molecule has 1 aromatic carbocycles. The lowest BCUT2D eigenvalue weighted by molar-refractivity contribution is 0.241. The summed E-state index contributed by atoms with van der Waals surface area (Å²) < 4.78 is 2.71. The number of hydrogen-bond acceptors (Lipinski definition) is 6. The van der Waals surface area contributed by atoms with E-state index >= 15 is 0 Å². The average Bonchev–Trinajstić information content (AvgIpc) is 3.01. The van der Waals surface area contributed by atoms with Crippen LogP contribution in [-0.4, -0.2) is 50.9 Å². The SMILES string of the molecule is CN(C)CCn1ncc2c(N)n(C(=O)NCc3cccc(Cl)c3)c(=N)nc21. The van der Waals surface area contributed by atoms with Gasteiger partial charge in [-0.2, -0.15) is 10.1 Å². The highest BCUT2D eigenvalue weighted by Gasteiger charge is 2.16. The van der Waals surface area contributed by atoms with Crippen LogP contribution in [0.5, 0.6) is 0 Å². The summed E-state index contributed by atoms with van der Waals surface area (Å²) in [4.78, 5) is 18.8. The van der Waals surface area contributed by atoms with E-state index in [9.17, 15) is 4.79 Å². The molecule has 0 saturated heterocycles. The van der Waals surface area contributed by atoms with Crippen molar-refractivity contribution in [3.05, 3.63) is 46.7 Å². The lowest BCUT2D eigenvalue weighted by atomic mass is 10.2. The van der Waals surface area contributed by atoms with Crippen molar-refractivity contribution in [2.75, 3.05) is 26.4 Å². The van der Waals surface area contributed by atoms with Crippen molar-refractivity contribution in [2.24, 2.45) is 0 Å². The van der Waals surface area contributed by atoms with Gasteiger partial charge in [0.2, 0.25) is 5.62 Å². The maximum absolute atomic E-state index is 12.6. The van der Waals surface area contributed by atoms with Gasteiger partial charge in [0, 0.05) is 18.1 Å². The van der Waals surface area contributed by atoms with Crippen molar-refractivity contribution < 1.29 is 4.79 Å². The molecule has 0 aliphatic heterocycles. The Morgan fingerprint density at radius 3 is 2.89 bits per heavy atom. The molecule has 0 aliphatic carbocycles. The molecule has 142 valence electrons. The van der Waals surface area contributed by atoms with Crippen molar-refractivity contribution in [2.45, 2.75) is 13.1 Å². The summed E-state index contributed by atoms with van der Waals surface area (Å²) in [6, 6.07) is 6.63. The number of rotatable bonds is 5. The second-order valence-corrected chi connectivity index (χ2v) is 6.79. The van der Waals surface area contributed by atoms with Crippen LogP contribution in [0, 0.1) is 5.41 Å². The van der Waals surface area contributed by atoms with Crippen molar-refractivity contribution >= 4 is 34.5 Å². The number of nitrogens with one attached hydrogen (secondary N) is 2. The Kier molecular flexibility index (Phi) is 5.43. The monoisotopic (exact) mass is 388 g/mol. The molecule has 9 nitrogen and oxygen atoms in total. The van der Waals surface area contributed by atoms with Gasteiger partial charge in [-0.05, 0) is 31.8 Å². The van der Waals surface area contributed by atoms with Crippen LogP contribution < -0.4 is 16.7 Å². The maximum atomic E-state index is 12.6. The first-order chi connectivity index (χ1) is 12.9. The van der Waals surface area contributed by atoms with Crippen LogP contribution in [0.25, 0.3) is 11.0 Å². The van der Waals surface area contributed by atoms with Gasteiger partial charge in [-0.3, -0.25) is 5.41 Å². The highest BCUT2D eigenvalue weighted by molar-refractivity contribution is 6.30. The number of aromatic nitrogens is 4. The second-order valence-electron chi connectivity index (χ2n) is 6.35. The minimum atomic E-state index is -0.534. The molecule has 1 amide bonds. The number of halogens is 1. The third-order valence-corrected chi connectivity index (χ3v) is 4.28. The molecule has 0 saturated carbocycles. The first-order valence-corrected chi connectivity index (χ1v) is 8.70. The van der Waals surface area contributed by atoms with E-state index in [1.165, 1.54) is 0 Å². The van der Waals surface area contributed by atoms with Crippen LogP contribution in [0.4, 0.5) is 10.6 Å². The minimum Gasteiger partial charge on any atom is -0.384 e. The lowest BCUT2D eigenvalue weighted by Crippen LogP contribution is -2.38. The zero-order chi connectivity index (χ0) is 19.6. The standard InChI is InChI=1S/C17H21ClN8O/c1-24(2)6-7-25-15-13(10-22-25)14(19)26(16(20)23-15)17(27)21-9-11-4-3-5-12(18)8-11/h3-5,8,10,20H,6-7,9,19H2,1-2H3,(H,21,27). The van der Waals surface area contributed by atoms with Gasteiger partial charge < -0.3 is 16.0 Å². The molecular formula is C17H21ClN8O. The summed E-state index contributed by atoms with van der Waals surface area (Å²) in [6.45, 7) is 1.62. The number of carbonyl (C=O) groups is 1. The molecule has 0 aliphatic rings. The van der Waals surface area contributed by atoms with Crippen LogP contribution in [0.15, 0.2) is 30.5 Å². The molecule has 0 atom stereocenters. The summed E-state index contributed by atoms with van der Waals surface area (Å²) in [6.07, 6.45) is 1.56. The van der Waals surface area contributed by atoms with Crippen molar-refractivity contribution in [3.8, 4) is 0 Å². The van der Waals surface area contributed by atoms with E-state index in [0.717, 1.165) is 16.7 Å². The number of nitrogens with two attached hydrogens (primary N) is 1. The van der Waals surface area contributed by atoms with E-state index in [4.69, 9.17) is 22.7 Å². The number of hydrogen-bond donors (Lipinski definition) is 3. The topological polar surface area (TPSA) is 118 Å². The molecule has 2 aromatic heterocycles. The summed E-state index contributed by atoms with van der Waals surface area (Å²) in [5, 5.41) is 16.3. The van der Waals surface area contributed by atoms with E-state index in [1.54, 1.807) is 29.1 Å². The third-order valence-electron chi connectivity index (χ3n) is 4.05. The van der Waals surface area contributed by atoms with Crippen molar-refractivity contribution in [3.63, 3.8) is 0 Å². The predicted octanol–water partition coefficient (Wildman–Crippen LogP) is 1.27. The van der Waals surface area contributed by atoms with Crippen molar-refractivity contribution in [1.29, 1.82) is 5.41 Å². The second kappa shape index (κ2) is 7.77. The molecule has 3 aromatic rings. The fourth-order valence-corrected chi connectivity index (χ4v) is 2.84. The summed E-state index contributed by atoms with van der Waals surface area (Å²) in [7, 11) is 3.92. The van der Waals surface area contributed by atoms with E-state index in [1.807, 2.05) is 25.1 Å². The Bertz CT molecular complexity index is 1040. The molecule has 4 N–H and O–H groups in total. The Labute approximate surface area is 160 Å². The molecule has 10 heteroatoms. The summed E-state index contributed by atoms with van der Waals surface area (Å²) in [5.74, 6) is 0.129. The minimum absolute atomic E-state index is 0.129. The molecule has 0 spiro atoms. The Morgan fingerprint density at radius 2 is 2.19 bits per heavy atom. The van der Waals surface area contributed by atoms with Crippen LogP contribution in [-0.2, 0) is 13.1 Å². The van der Waals surface area contributed by atoms with Crippen molar-refractivity contribution in [1.82, 2.24) is 29.5 Å². The lowest BCUT2D eigenvalue weighted by Gasteiger charge is -2.12. The number of nitrogen functional groups attached to an aromatic ring is 1. The van der Waals surface area contributed by atoms with Gasteiger partial charge in [0.1, 0.15) is 5.82 Å². The zero-order valence-corrected chi connectivity index (χ0v) is 15.9. The Morgan fingerprint density at radius 1 is 1.41 bits per heavy atom. The fourth-order valence-electron chi connectivity index (χ4n) is 2.63. The number of anilines is 1. The Balaban J connectivity index is 1.86. The Hall–Kier alpha value is -2.91. The van der Waals surface area contributed by atoms with Gasteiger partial charge in [0.15, 0.2) is 5.65 Å². The first kappa shape index (κ1) is 18.9. The number of fused-ring (bicyclic) bond motifs is 1. The fraction of sp³-hybridized carbons (Fsp3) is 0.294. The van der Waals surface area contributed by atoms with Crippen LogP contribution in [0.3, 0.4) is 0 Å². The molecule has 0 fully saturated rings. The average molecular weight is 389 g/mol. The number of benzene rings is 1. The molecule has 0 bridgehead atoms. The third kappa shape index (κ3) is 4.09. The summed E-state index contributed by atoms with van der Waals surface area (Å²) in [5.41, 5.74) is 7.21. The summed E-state index contributed by atoms with van der Waals surface area (Å²) >= 11 is 5.95. The van der Waals surface area contributed by atoms with E-state index in [2.05, 4.69) is 15.4 Å². The van der Waals surface area contributed by atoms with Gasteiger partial charge in [-0.15, -0.1) is 0 Å². The maximum Gasteiger partial charge on any atom is 0.330 e. The van der Waals surface area contributed by atoms with E-state index in [0.29, 0.717) is 22.6 Å².